The zero-order valence-electron chi connectivity index (χ0n) is 8.52. The number of rotatable bonds is 5. The molecule has 0 atom stereocenters. The van der Waals surface area contributed by atoms with Crippen LogP contribution in [0.5, 0.6) is 0 Å². The maximum Gasteiger partial charge on any atom is 0.210 e. The smallest absolute Gasteiger partial charge is 0.165 e. The summed E-state index contributed by atoms with van der Waals surface area (Å²) in [5.41, 5.74) is 2.63. The molecular formula is C12H15ClSi. The molecule has 0 nitrogen and oxygen atoms in total. The number of unbranched alkanes of at least 4 members (excludes halogenated alkanes) is 1. The summed E-state index contributed by atoms with van der Waals surface area (Å²) in [7, 11) is 0.288. The number of benzene rings is 1. The highest BCUT2D eigenvalue weighted by Crippen LogP contribution is 2.19. The molecule has 0 spiro atoms. The van der Waals surface area contributed by atoms with E-state index in [1.165, 1.54) is 24.0 Å². The normalized spacial score (nSPS) is 10.1. The molecule has 14 heavy (non-hydrogen) atoms. The van der Waals surface area contributed by atoms with Gasteiger partial charge in [-0.25, -0.2) is 0 Å². The first-order valence-corrected chi connectivity index (χ1v) is 6.94. The molecule has 0 fully saturated rings. The Bertz CT molecular complexity index is 307. The first kappa shape index (κ1) is 11.5. The summed E-state index contributed by atoms with van der Waals surface area (Å²) in [6.45, 7) is 6.20. The van der Waals surface area contributed by atoms with Crippen LogP contribution in [0.4, 0.5) is 0 Å². The van der Waals surface area contributed by atoms with Gasteiger partial charge in [0.05, 0.1) is 0 Å². The molecule has 0 bridgehead atoms. The summed E-state index contributed by atoms with van der Waals surface area (Å²) < 4.78 is 0. The molecule has 0 saturated carbocycles. The van der Waals surface area contributed by atoms with Crippen LogP contribution in [0, 0.1) is 0 Å². The van der Waals surface area contributed by atoms with Gasteiger partial charge in [-0.3, -0.25) is 0 Å². The lowest BCUT2D eigenvalue weighted by Crippen LogP contribution is -1.95. The Kier molecular flexibility index (Phi) is 4.98. The second kappa shape index (κ2) is 6.05. The summed E-state index contributed by atoms with van der Waals surface area (Å²) in [6, 6.07) is 8.42. The standard InChI is InChI=1S/C12H15ClSi/c1-3-4-7-11-8-5-6-9-12(11)10(2)14-13/h5-6,8-9H,2-4,7H2,1H3. The number of hydrogen-bond acceptors (Lipinski definition) is 0. The summed E-state index contributed by atoms with van der Waals surface area (Å²) in [5, 5.41) is 1.05. The zero-order valence-corrected chi connectivity index (χ0v) is 10.3. The SMILES string of the molecule is C=C([Si]Cl)c1ccccc1CCCC. The van der Waals surface area contributed by atoms with Gasteiger partial charge in [0.25, 0.3) is 0 Å². The molecule has 1 aromatic carbocycles. The number of aryl methyl sites for hydroxylation is 1. The molecule has 0 aromatic heterocycles. The number of hydrogen-bond donors (Lipinski definition) is 0. The Morgan fingerprint density at radius 1 is 1.43 bits per heavy atom. The van der Waals surface area contributed by atoms with E-state index in [9.17, 15) is 0 Å². The molecule has 1 aromatic rings. The van der Waals surface area contributed by atoms with Crippen molar-refractivity contribution in [2.24, 2.45) is 0 Å². The van der Waals surface area contributed by atoms with Gasteiger partial charge >= 0.3 is 0 Å². The first-order valence-electron chi connectivity index (χ1n) is 4.93. The van der Waals surface area contributed by atoms with Crippen LogP contribution < -0.4 is 0 Å². The van der Waals surface area contributed by atoms with E-state index >= 15 is 0 Å². The van der Waals surface area contributed by atoms with Gasteiger partial charge in [0.15, 0.2) is 0 Å². The van der Waals surface area contributed by atoms with Gasteiger partial charge in [-0.15, -0.1) is 0 Å². The Balaban J connectivity index is 2.85. The predicted octanol–water partition coefficient (Wildman–Crippen LogP) is 3.86. The average molecular weight is 223 g/mol. The van der Waals surface area contributed by atoms with Crippen molar-refractivity contribution in [3.05, 3.63) is 42.0 Å². The molecule has 0 aliphatic carbocycles. The van der Waals surface area contributed by atoms with Gasteiger partial charge in [-0.1, -0.05) is 44.2 Å². The second-order valence-electron chi connectivity index (χ2n) is 3.33. The topological polar surface area (TPSA) is 0 Å². The van der Waals surface area contributed by atoms with Crippen molar-refractivity contribution in [3.8, 4) is 0 Å². The van der Waals surface area contributed by atoms with Crippen LogP contribution in [-0.4, -0.2) is 8.83 Å². The molecular weight excluding hydrogens is 208 g/mol. The maximum atomic E-state index is 5.82. The minimum absolute atomic E-state index is 0.288. The molecule has 0 N–H and O–H groups in total. The minimum Gasteiger partial charge on any atom is -0.165 e. The van der Waals surface area contributed by atoms with E-state index in [1.807, 2.05) is 6.07 Å². The van der Waals surface area contributed by atoms with Crippen LogP contribution in [0.3, 0.4) is 0 Å². The van der Waals surface area contributed by atoms with Crippen LogP contribution in [0.25, 0.3) is 5.20 Å². The van der Waals surface area contributed by atoms with Gasteiger partial charge in [0.1, 0.15) is 0 Å². The molecule has 0 aliphatic rings. The minimum atomic E-state index is 0.288. The lowest BCUT2D eigenvalue weighted by atomic mass is 10.0. The predicted molar refractivity (Wildman–Crippen MR) is 65.7 cm³/mol. The van der Waals surface area contributed by atoms with E-state index in [0.29, 0.717) is 0 Å². The van der Waals surface area contributed by atoms with Crippen molar-refractivity contribution in [2.75, 3.05) is 0 Å². The fourth-order valence-electron chi connectivity index (χ4n) is 1.45. The van der Waals surface area contributed by atoms with Crippen LogP contribution in [0.15, 0.2) is 30.8 Å². The Morgan fingerprint density at radius 3 is 2.79 bits per heavy atom. The van der Waals surface area contributed by atoms with Gasteiger partial charge < -0.3 is 0 Å². The molecule has 2 heteroatoms. The fraction of sp³-hybridized carbons (Fsp3) is 0.333. The van der Waals surface area contributed by atoms with Crippen molar-refractivity contribution in [2.45, 2.75) is 26.2 Å². The van der Waals surface area contributed by atoms with Crippen LogP contribution in [0.1, 0.15) is 30.9 Å². The lowest BCUT2D eigenvalue weighted by Gasteiger charge is -2.08. The van der Waals surface area contributed by atoms with E-state index in [-0.39, 0.29) is 8.83 Å². The highest BCUT2D eigenvalue weighted by Gasteiger charge is 2.04. The highest BCUT2D eigenvalue weighted by molar-refractivity contribution is 7.04. The molecule has 0 heterocycles. The van der Waals surface area contributed by atoms with Crippen molar-refractivity contribution < 1.29 is 0 Å². The molecule has 1 rings (SSSR count). The second-order valence-corrected chi connectivity index (χ2v) is 4.69. The molecule has 2 radical (unpaired) electrons. The monoisotopic (exact) mass is 222 g/mol. The molecule has 74 valence electrons. The van der Waals surface area contributed by atoms with Gasteiger partial charge in [-0.05, 0) is 29.2 Å². The van der Waals surface area contributed by atoms with Crippen LogP contribution in [0.2, 0.25) is 0 Å². The summed E-state index contributed by atoms with van der Waals surface area (Å²) in [4.78, 5) is 0. The Labute approximate surface area is 93.5 Å². The fourth-order valence-corrected chi connectivity index (χ4v) is 2.10. The lowest BCUT2D eigenvalue weighted by molar-refractivity contribution is 0.794. The summed E-state index contributed by atoms with van der Waals surface area (Å²) >= 11 is 5.82. The summed E-state index contributed by atoms with van der Waals surface area (Å²) in [5.74, 6) is 0. The molecule has 0 unspecified atom stereocenters. The van der Waals surface area contributed by atoms with Gasteiger partial charge in [-0.2, -0.15) is 11.1 Å². The molecule has 0 saturated heterocycles. The van der Waals surface area contributed by atoms with Gasteiger partial charge in [0.2, 0.25) is 8.83 Å². The largest absolute Gasteiger partial charge is 0.210 e. The Hall–Kier alpha value is -0.533. The third-order valence-electron chi connectivity index (χ3n) is 2.26. The zero-order chi connectivity index (χ0) is 10.4. The van der Waals surface area contributed by atoms with Crippen LogP contribution in [-0.2, 0) is 6.42 Å². The van der Waals surface area contributed by atoms with E-state index in [1.54, 1.807) is 0 Å². The van der Waals surface area contributed by atoms with Gasteiger partial charge in [0, 0.05) is 0 Å². The highest BCUT2D eigenvalue weighted by atomic mass is 35.6. The summed E-state index contributed by atoms with van der Waals surface area (Å²) in [6.07, 6.45) is 3.59. The van der Waals surface area contributed by atoms with E-state index in [0.717, 1.165) is 11.6 Å². The maximum absolute atomic E-state index is 5.82. The van der Waals surface area contributed by atoms with Crippen LogP contribution >= 0.6 is 11.1 Å². The average Bonchev–Trinajstić information content (AvgIpc) is 2.25. The first-order chi connectivity index (χ1) is 6.79. The van der Waals surface area contributed by atoms with Crippen molar-refractivity contribution in [1.82, 2.24) is 0 Å². The Morgan fingerprint density at radius 2 is 2.14 bits per heavy atom. The van der Waals surface area contributed by atoms with Crippen molar-refractivity contribution in [3.63, 3.8) is 0 Å². The van der Waals surface area contributed by atoms with Crippen molar-refractivity contribution >= 4 is 25.1 Å². The number of halogens is 1. The van der Waals surface area contributed by atoms with E-state index < -0.39 is 0 Å². The third-order valence-corrected chi connectivity index (χ3v) is 3.44. The van der Waals surface area contributed by atoms with E-state index in [4.69, 9.17) is 11.1 Å². The molecule has 0 aliphatic heterocycles. The van der Waals surface area contributed by atoms with E-state index in [2.05, 4.69) is 31.7 Å². The third kappa shape index (κ3) is 3.00. The quantitative estimate of drug-likeness (QED) is 0.524. The van der Waals surface area contributed by atoms with Crippen molar-refractivity contribution in [1.29, 1.82) is 0 Å². The molecule has 0 amide bonds.